The number of ketones is 1. The number of likely N-dealkylation sites (tertiary alicyclic amines) is 1. The van der Waals surface area contributed by atoms with E-state index in [1.165, 1.54) is 11.3 Å². The van der Waals surface area contributed by atoms with Crippen molar-refractivity contribution in [2.24, 2.45) is 0 Å². The highest BCUT2D eigenvalue weighted by molar-refractivity contribution is 7.19. The molecule has 1 saturated heterocycles. The SMILES string of the molecule is CCC(=O)c1sc(NC2CCN(C)C2)c(C#N)c1N. The van der Waals surface area contributed by atoms with Crippen LogP contribution in [0.5, 0.6) is 0 Å². The van der Waals surface area contributed by atoms with Gasteiger partial charge in [-0.15, -0.1) is 11.3 Å². The highest BCUT2D eigenvalue weighted by Gasteiger charge is 2.24. The van der Waals surface area contributed by atoms with Crippen LogP contribution in [-0.4, -0.2) is 36.9 Å². The lowest BCUT2D eigenvalue weighted by molar-refractivity contribution is 0.0993. The number of rotatable bonds is 4. The lowest BCUT2D eigenvalue weighted by Gasteiger charge is -2.12. The number of anilines is 2. The average molecular weight is 278 g/mol. The van der Waals surface area contributed by atoms with Gasteiger partial charge in [0.2, 0.25) is 0 Å². The van der Waals surface area contributed by atoms with Gasteiger partial charge >= 0.3 is 0 Å². The maximum atomic E-state index is 11.8. The number of carbonyl (C=O) groups is 1. The lowest BCUT2D eigenvalue weighted by Crippen LogP contribution is -2.23. The minimum absolute atomic E-state index is 0.00408. The normalized spacial score (nSPS) is 19.3. The number of hydrogen-bond donors (Lipinski definition) is 2. The van der Waals surface area contributed by atoms with Gasteiger partial charge in [0.25, 0.3) is 0 Å². The standard InChI is InChI=1S/C13H18N4OS/c1-3-10(18)12-11(15)9(6-14)13(19-12)16-8-4-5-17(2)7-8/h8,16H,3-5,7,15H2,1-2H3. The summed E-state index contributed by atoms with van der Waals surface area (Å²) in [6.45, 7) is 3.79. The number of nitrogens with zero attached hydrogens (tertiary/aromatic N) is 2. The molecule has 0 saturated carbocycles. The maximum Gasteiger partial charge on any atom is 0.174 e. The molecule has 0 aliphatic carbocycles. The topological polar surface area (TPSA) is 82.2 Å². The van der Waals surface area contributed by atoms with Crippen molar-refractivity contribution in [3.63, 3.8) is 0 Å². The molecule has 102 valence electrons. The number of nitrogens with two attached hydrogens (primary N) is 1. The third-order valence-corrected chi connectivity index (χ3v) is 4.54. The Balaban J connectivity index is 2.25. The number of nitriles is 1. The Morgan fingerprint density at radius 3 is 2.95 bits per heavy atom. The molecule has 0 amide bonds. The van der Waals surface area contributed by atoms with Crippen LogP contribution in [0.1, 0.15) is 35.0 Å². The number of thiophene rings is 1. The first-order chi connectivity index (χ1) is 9.06. The molecule has 1 aliphatic rings. The molecule has 1 aromatic rings. The second-order valence-electron chi connectivity index (χ2n) is 4.83. The Morgan fingerprint density at radius 2 is 2.42 bits per heavy atom. The van der Waals surface area contributed by atoms with E-state index in [9.17, 15) is 10.1 Å². The van der Waals surface area contributed by atoms with Gasteiger partial charge in [0.05, 0.1) is 10.6 Å². The van der Waals surface area contributed by atoms with Crippen LogP contribution in [0.2, 0.25) is 0 Å². The minimum Gasteiger partial charge on any atom is -0.396 e. The molecule has 19 heavy (non-hydrogen) atoms. The highest BCUT2D eigenvalue weighted by Crippen LogP contribution is 2.36. The second kappa shape index (κ2) is 5.59. The van der Waals surface area contributed by atoms with Gasteiger partial charge in [-0.1, -0.05) is 6.92 Å². The highest BCUT2D eigenvalue weighted by atomic mass is 32.1. The van der Waals surface area contributed by atoms with Gasteiger partial charge in [0, 0.05) is 19.0 Å². The van der Waals surface area contributed by atoms with E-state index in [4.69, 9.17) is 5.73 Å². The lowest BCUT2D eigenvalue weighted by atomic mass is 10.2. The molecular formula is C13H18N4OS. The van der Waals surface area contributed by atoms with Crippen molar-refractivity contribution in [2.75, 3.05) is 31.2 Å². The van der Waals surface area contributed by atoms with Crippen LogP contribution < -0.4 is 11.1 Å². The van der Waals surface area contributed by atoms with Gasteiger partial charge in [-0.25, -0.2) is 0 Å². The van der Waals surface area contributed by atoms with Gasteiger partial charge in [-0.2, -0.15) is 5.26 Å². The summed E-state index contributed by atoms with van der Waals surface area (Å²) in [4.78, 5) is 14.5. The average Bonchev–Trinajstić information content (AvgIpc) is 2.93. The molecule has 2 rings (SSSR count). The van der Waals surface area contributed by atoms with Gasteiger partial charge in [-0.05, 0) is 20.0 Å². The van der Waals surface area contributed by atoms with Crippen LogP contribution in [0.25, 0.3) is 0 Å². The van der Waals surface area contributed by atoms with E-state index in [0.717, 1.165) is 24.5 Å². The van der Waals surface area contributed by atoms with E-state index in [0.29, 0.717) is 28.6 Å². The first-order valence-electron chi connectivity index (χ1n) is 6.37. The van der Waals surface area contributed by atoms with E-state index >= 15 is 0 Å². The van der Waals surface area contributed by atoms with Gasteiger partial charge in [-0.3, -0.25) is 4.79 Å². The summed E-state index contributed by atoms with van der Waals surface area (Å²) in [5, 5.41) is 13.3. The van der Waals surface area contributed by atoms with E-state index in [2.05, 4.69) is 23.3 Å². The van der Waals surface area contributed by atoms with Crippen LogP contribution >= 0.6 is 11.3 Å². The molecule has 1 unspecified atom stereocenters. The van der Waals surface area contributed by atoms with Crippen LogP contribution in [-0.2, 0) is 0 Å². The van der Waals surface area contributed by atoms with E-state index in [1.807, 2.05) is 0 Å². The van der Waals surface area contributed by atoms with Crippen molar-refractivity contribution in [2.45, 2.75) is 25.8 Å². The van der Waals surface area contributed by atoms with Gasteiger partial charge in [0.1, 0.15) is 16.6 Å². The predicted octanol–water partition coefficient (Wildman–Crippen LogP) is 1.91. The molecule has 0 bridgehead atoms. The number of likely N-dealkylation sites (N-methyl/N-ethyl adjacent to an activating group) is 1. The molecular weight excluding hydrogens is 260 g/mol. The molecule has 0 radical (unpaired) electrons. The van der Waals surface area contributed by atoms with E-state index < -0.39 is 0 Å². The molecule has 2 heterocycles. The first-order valence-corrected chi connectivity index (χ1v) is 7.19. The largest absolute Gasteiger partial charge is 0.396 e. The van der Waals surface area contributed by atoms with Crippen molar-refractivity contribution in [3.8, 4) is 6.07 Å². The number of nitrogens with one attached hydrogen (secondary N) is 1. The molecule has 3 N–H and O–H groups in total. The molecule has 1 atom stereocenters. The number of hydrogen-bond acceptors (Lipinski definition) is 6. The number of nitrogen functional groups attached to an aromatic ring is 1. The predicted molar refractivity (Wildman–Crippen MR) is 77.6 cm³/mol. The maximum absolute atomic E-state index is 11.8. The summed E-state index contributed by atoms with van der Waals surface area (Å²) in [5.41, 5.74) is 6.65. The summed E-state index contributed by atoms with van der Waals surface area (Å²) in [7, 11) is 2.07. The number of carbonyl (C=O) groups excluding carboxylic acids is 1. The van der Waals surface area contributed by atoms with Crippen LogP contribution in [0.15, 0.2) is 0 Å². The van der Waals surface area contributed by atoms with Crippen LogP contribution in [0.3, 0.4) is 0 Å². The van der Waals surface area contributed by atoms with Crippen molar-refractivity contribution in [1.29, 1.82) is 5.26 Å². The van der Waals surface area contributed by atoms with Gasteiger partial charge in [0.15, 0.2) is 5.78 Å². The van der Waals surface area contributed by atoms with Crippen molar-refractivity contribution < 1.29 is 4.79 Å². The van der Waals surface area contributed by atoms with Crippen LogP contribution in [0, 0.1) is 11.3 Å². The Bertz CT molecular complexity index is 531. The van der Waals surface area contributed by atoms with Crippen molar-refractivity contribution in [1.82, 2.24) is 4.90 Å². The third kappa shape index (κ3) is 2.72. The molecule has 1 aromatic heterocycles. The third-order valence-electron chi connectivity index (χ3n) is 3.36. The number of Topliss-reactive ketones (excluding diaryl/α,β-unsaturated/α-hetero) is 1. The first kappa shape index (κ1) is 13.8. The molecule has 0 spiro atoms. The fraction of sp³-hybridized carbons (Fsp3) is 0.538. The summed E-state index contributed by atoms with van der Waals surface area (Å²) in [6, 6.07) is 2.42. The Kier molecular flexibility index (Phi) is 4.08. The zero-order valence-corrected chi connectivity index (χ0v) is 12.0. The summed E-state index contributed by atoms with van der Waals surface area (Å²) in [5.74, 6) is -0.00408. The zero-order chi connectivity index (χ0) is 14.0. The Hall–Kier alpha value is -1.58. The Morgan fingerprint density at radius 1 is 1.68 bits per heavy atom. The second-order valence-corrected chi connectivity index (χ2v) is 5.85. The quantitative estimate of drug-likeness (QED) is 0.822. The summed E-state index contributed by atoms with van der Waals surface area (Å²) < 4.78 is 0. The van der Waals surface area contributed by atoms with Gasteiger partial charge < -0.3 is 16.0 Å². The molecule has 1 aliphatic heterocycles. The van der Waals surface area contributed by atoms with Crippen molar-refractivity contribution in [3.05, 3.63) is 10.4 Å². The molecule has 5 nitrogen and oxygen atoms in total. The van der Waals surface area contributed by atoms with Crippen LogP contribution in [0.4, 0.5) is 10.7 Å². The smallest absolute Gasteiger partial charge is 0.174 e. The monoisotopic (exact) mass is 278 g/mol. The molecule has 1 fully saturated rings. The fourth-order valence-electron chi connectivity index (χ4n) is 2.26. The fourth-order valence-corrected chi connectivity index (χ4v) is 3.42. The Labute approximate surface area is 117 Å². The molecule has 0 aromatic carbocycles. The van der Waals surface area contributed by atoms with E-state index in [1.54, 1.807) is 6.92 Å². The van der Waals surface area contributed by atoms with Crippen molar-refractivity contribution >= 4 is 27.8 Å². The summed E-state index contributed by atoms with van der Waals surface area (Å²) >= 11 is 1.30. The molecule has 6 heteroatoms. The zero-order valence-electron chi connectivity index (χ0n) is 11.2. The summed E-state index contributed by atoms with van der Waals surface area (Å²) in [6.07, 6.45) is 1.44. The minimum atomic E-state index is -0.00408. The van der Waals surface area contributed by atoms with E-state index in [-0.39, 0.29) is 5.78 Å².